The van der Waals surface area contributed by atoms with Crippen molar-refractivity contribution in [2.24, 2.45) is 0 Å². The molecule has 0 saturated carbocycles. The van der Waals surface area contributed by atoms with Crippen molar-refractivity contribution in [3.63, 3.8) is 0 Å². The highest BCUT2D eigenvalue weighted by molar-refractivity contribution is 7.12. The summed E-state index contributed by atoms with van der Waals surface area (Å²) in [5.74, 6) is 0.139. The summed E-state index contributed by atoms with van der Waals surface area (Å²) in [4.78, 5) is 40.3. The van der Waals surface area contributed by atoms with Crippen LogP contribution in [0, 0.1) is 0 Å². The smallest absolute Gasteiger partial charge is 0.410 e. The summed E-state index contributed by atoms with van der Waals surface area (Å²) in [5, 5.41) is 1.88. The number of carbonyl (C=O) groups excluding carboxylic acids is 3. The second kappa shape index (κ2) is 8.47. The lowest BCUT2D eigenvalue weighted by molar-refractivity contribution is -0.133. The van der Waals surface area contributed by atoms with E-state index in [9.17, 15) is 14.4 Å². The van der Waals surface area contributed by atoms with E-state index in [0.29, 0.717) is 45.4 Å². The molecule has 1 aromatic heterocycles. The van der Waals surface area contributed by atoms with Crippen molar-refractivity contribution < 1.29 is 19.1 Å². The van der Waals surface area contributed by atoms with Crippen molar-refractivity contribution in [1.82, 2.24) is 9.80 Å². The minimum absolute atomic E-state index is 0.0443. The molecule has 6 nitrogen and oxygen atoms in total. The number of hydrogen-bond acceptors (Lipinski definition) is 5. The van der Waals surface area contributed by atoms with Crippen LogP contribution in [-0.4, -0.2) is 59.4 Å². The van der Waals surface area contributed by atoms with Gasteiger partial charge >= 0.3 is 6.09 Å². The van der Waals surface area contributed by atoms with E-state index >= 15 is 0 Å². The lowest BCUT2D eigenvalue weighted by Crippen LogP contribution is -2.51. The predicted octanol–water partition coefficient (Wildman–Crippen LogP) is 3.18. The SMILES string of the molecule is CC(C)(C)OC(=O)N1CCN(C(=O)CCCC(=O)c2cccs2)CC1. The van der Waals surface area contributed by atoms with Crippen molar-refractivity contribution in [1.29, 1.82) is 0 Å². The first-order valence-corrected chi connectivity index (χ1v) is 9.46. The van der Waals surface area contributed by atoms with E-state index < -0.39 is 5.60 Å². The molecule has 0 N–H and O–H groups in total. The van der Waals surface area contributed by atoms with Gasteiger partial charge in [0.2, 0.25) is 5.91 Å². The van der Waals surface area contributed by atoms with Crippen LogP contribution >= 0.6 is 11.3 Å². The number of carbonyl (C=O) groups is 3. The van der Waals surface area contributed by atoms with E-state index in [2.05, 4.69) is 0 Å². The summed E-state index contributed by atoms with van der Waals surface area (Å²) < 4.78 is 5.35. The average Bonchev–Trinajstić information content (AvgIpc) is 3.07. The largest absolute Gasteiger partial charge is 0.444 e. The number of ether oxygens (including phenoxy) is 1. The molecule has 2 heterocycles. The van der Waals surface area contributed by atoms with Gasteiger partial charge in [0.1, 0.15) is 5.60 Å². The number of hydrogen-bond donors (Lipinski definition) is 0. The monoisotopic (exact) mass is 366 g/mol. The molecule has 1 aliphatic rings. The summed E-state index contributed by atoms with van der Waals surface area (Å²) in [5.41, 5.74) is -0.515. The third-order valence-corrected chi connectivity index (χ3v) is 4.79. The van der Waals surface area contributed by atoms with Crippen molar-refractivity contribution >= 4 is 29.1 Å². The number of ketones is 1. The zero-order valence-corrected chi connectivity index (χ0v) is 15.9. The molecule has 138 valence electrons. The molecule has 1 fully saturated rings. The molecule has 0 aromatic carbocycles. The third kappa shape index (κ3) is 6.16. The van der Waals surface area contributed by atoms with Gasteiger partial charge < -0.3 is 14.5 Å². The zero-order chi connectivity index (χ0) is 18.4. The number of Topliss-reactive ketones (excluding diaryl/α,β-unsaturated/α-hetero) is 1. The highest BCUT2D eigenvalue weighted by atomic mass is 32.1. The fourth-order valence-electron chi connectivity index (χ4n) is 2.58. The molecular formula is C18H26N2O4S. The second-order valence-corrected chi connectivity index (χ2v) is 8.05. The summed E-state index contributed by atoms with van der Waals surface area (Å²) in [6.45, 7) is 7.49. The van der Waals surface area contributed by atoms with Crippen LogP contribution in [0.1, 0.15) is 49.7 Å². The normalized spacial score (nSPS) is 15.2. The molecule has 7 heteroatoms. The third-order valence-electron chi connectivity index (χ3n) is 3.87. The minimum Gasteiger partial charge on any atom is -0.444 e. The highest BCUT2D eigenvalue weighted by Crippen LogP contribution is 2.15. The fraction of sp³-hybridized carbons (Fsp3) is 0.611. The Morgan fingerprint density at radius 1 is 1.08 bits per heavy atom. The molecular weight excluding hydrogens is 340 g/mol. The zero-order valence-electron chi connectivity index (χ0n) is 15.1. The molecule has 1 aliphatic heterocycles. The summed E-state index contributed by atoms with van der Waals surface area (Å²) in [7, 11) is 0. The van der Waals surface area contributed by atoms with Crippen LogP contribution in [0.25, 0.3) is 0 Å². The van der Waals surface area contributed by atoms with Gasteiger partial charge in [0.05, 0.1) is 4.88 Å². The van der Waals surface area contributed by atoms with Gasteiger partial charge in [-0.05, 0) is 38.6 Å². The van der Waals surface area contributed by atoms with Gasteiger partial charge in [-0.2, -0.15) is 0 Å². The van der Waals surface area contributed by atoms with Gasteiger partial charge in [-0.1, -0.05) is 6.07 Å². The van der Waals surface area contributed by atoms with E-state index in [-0.39, 0.29) is 17.8 Å². The van der Waals surface area contributed by atoms with Crippen molar-refractivity contribution in [2.75, 3.05) is 26.2 Å². The molecule has 0 aliphatic carbocycles. The van der Waals surface area contributed by atoms with Crippen LogP contribution in [-0.2, 0) is 9.53 Å². The summed E-state index contributed by atoms with van der Waals surface area (Å²) in [6, 6.07) is 3.66. The Bertz CT molecular complexity index is 599. The lowest BCUT2D eigenvalue weighted by Gasteiger charge is -2.35. The van der Waals surface area contributed by atoms with E-state index in [4.69, 9.17) is 4.74 Å². The molecule has 1 aromatic rings. The molecule has 0 unspecified atom stereocenters. The van der Waals surface area contributed by atoms with Crippen molar-refractivity contribution in [3.8, 4) is 0 Å². The van der Waals surface area contributed by atoms with Gasteiger partial charge in [0.25, 0.3) is 0 Å². The Hall–Kier alpha value is -1.89. The molecule has 0 atom stereocenters. The number of thiophene rings is 1. The standard InChI is InChI=1S/C18H26N2O4S/c1-18(2,3)24-17(23)20-11-9-19(10-12-20)16(22)8-4-6-14(21)15-7-5-13-25-15/h5,7,13H,4,6,8-12H2,1-3H3. The number of rotatable bonds is 5. The Morgan fingerprint density at radius 3 is 2.28 bits per heavy atom. The second-order valence-electron chi connectivity index (χ2n) is 7.10. The van der Waals surface area contributed by atoms with Gasteiger partial charge in [-0.25, -0.2) is 4.79 Å². The van der Waals surface area contributed by atoms with Gasteiger partial charge in [0.15, 0.2) is 5.78 Å². The average molecular weight is 366 g/mol. The number of nitrogens with zero attached hydrogens (tertiary/aromatic N) is 2. The maximum absolute atomic E-state index is 12.3. The minimum atomic E-state index is -0.515. The van der Waals surface area contributed by atoms with Crippen LogP contribution in [0.5, 0.6) is 0 Å². The first-order valence-electron chi connectivity index (χ1n) is 8.59. The molecule has 25 heavy (non-hydrogen) atoms. The summed E-state index contributed by atoms with van der Waals surface area (Å²) >= 11 is 1.43. The molecule has 0 radical (unpaired) electrons. The van der Waals surface area contributed by atoms with E-state index in [1.807, 2.05) is 38.3 Å². The Balaban J connectivity index is 1.69. The fourth-order valence-corrected chi connectivity index (χ4v) is 3.28. The van der Waals surface area contributed by atoms with E-state index in [0.717, 1.165) is 4.88 Å². The number of amides is 2. The van der Waals surface area contributed by atoms with Gasteiger partial charge in [-0.15, -0.1) is 11.3 Å². The quantitative estimate of drug-likeness (QED) is 0.751. The van der Waals surface area contributed by atoms with E-state index in [1.165, 1.54) is 11.3 Å². The van der Waals surface area contributed by atoms with Gasteiger partial charge in [0, 0.05) is 39.0 Å². The molecule has 0 bridgehead atoms. The topological polar surface area (TPSA) is 66.9 Å². The molecule has 2 amide bonds. The maximum atomic E-state index is 12.3. The van der Waals surface area contributed by atoms with Crippen LogP contribution in [0.3, 0.4) is 0 Å². The van der Waals surface area contributed by atoms with E-state index in [1.54, 1.807) is 9.80 Å². The lowest BCUT2D eigenvalue weighted by atomic mass is 10.1. The number of piperazine rings is 1. The first kappa shape index (κ1) is 19.4. The molecule has 1 saturated heterocycles. The maximum Gasteiger partial charge on any atom is 0.410 e. The highest BCUT2D eigenvalue weighted by Gasteiger charge is 2.27. The van der Waals surface area contributed by atoms with Crippen LogP contribution < -0.4 is 0 Å². The Labute approximate surface area is 152 Å². The van der Waals surface area contributed by atoms with Crippen LogP contribution in [0.2, 0.25) is 0 Å². The predicted molar refractivity (Wildman–Crippen MR) is 96.9 cm³/mol. The molecule has 0 spiro atoms. The van der Waals surface area contributed by atoms with Gasteiger partial charge in [-0.3, -0.25) is 9.59 Å². The summed E-state index contributed by atoms with van der Waals surface area (Å²) in [6.07, 6.45) is 0.983. The van der Waals surface area contributed by atoms with Crippen molar-refractivity contribution in [3.05, 3.63) is 22.4 Å². The Kier molecular flexibility index (Phi) is 6.58. The van der Waals surface area contributed by atoms with Crippen molar-refractivity contribution in [2.45, 2.75) is 45.6 Å². The molecule has 2 rings (SSSR count). The first-order chi connectivity index (χ1) is 11.8. The Morgan fingerprint density at radius 2 is 1.72 bits per heavy atom. The van der Waals surface area contributed by atoms with Crippen LogP contribution in [0.4, 0.5) is 4.79 Å². The van der Waals surface area contributed by atoms with Crippen LogP contribution in [0.15, 0.2) is 17.5 Å².